The van der Waals surface area contributed by atoms with E-state index in [4.69, 9.17) is 5.11 Å². The smallest absolute Gasteiger partial charge is 0.296 e. The lowest BCUT2D eigenvalue weighted by Crippen LogP contribution is -2.34. The molecule has 0 aromatic heterocycles. The highest BCUT2D eigenvalue weighted by atomic mass is 16.3. The third-order valence-corrected chi connectivity index (χ3v) is 1.04. The molecule has 0 bridgehead atoms. The number of aliphatic hydroxyl groups is 1. The van der Waals surface area contributed by atoms with E-state index in [1.165, 1.54) is 6.08 Å². The lowest BCUT2D eigenvalue weighted by molar-refractivity contribution is -0.116. The second kappa shape index (κ2) is 5.51. The molecule has 0 saturated heterocycles. The van der Waals surface area contributed by atoms with Gasteiger partial charge in [0.15, 0.2) is 0 Å². The van der Waals surface area contributed by atoms with E-state index < -0.39 is 11.9 Å². The summed E-state index contributed by atoms with van der Waals surface area (Å²) in [7, 11) is 0. The first-order valence-corrected chi connectivity index (χ1v) is 3.21. The number of carbonyl (C=O) groups is 1. The van der Waals surface area contributed by atoms with Crippen LogP contribution < -0.4 is 5.32 Å². The Morgan fingerprint density at radius 1 is 1.91 bits per heavy atom. The van der Waals surface area contributed by atoms with E-state index in [2.05, 4.69) is 23.7 Å². The zero-order valence-electron chi connectivity index (χ0n) is 6.42. The average molecular weight is 153 g/mol. The largest absolute Gasteiger partial charge is 0.394 e. The summed E-state index contributed by atoms with van der Waals surface area (Å²) in [6, 6.07) is -0.400. The Kier molecular flexibility index (Phi) is 4.87. The number of rotatable bonds is 3. The predicted molar refractivity (Wildman–Crippen MR) is 42.7 cm³/mol. The van der Waals surface area contributed by atoms with Gasteiger partial charge in [-0.1, -0.05) is 12.0 Å². The summed E-state index contributed by atoms with van der Waals surface area (Å²) in [5.74, 6) is 4.33. The maximum atomic E-state index is 10.7. The number of hydrogen-bond donors (Lipinski definition) is 2. The standard InChI is InChI=1S/C8H11NO2/c1-3-5-8(11)9-7(4-2)6-10/h4,7,10H,2,6H2,1H3,(H,9,11). The summed E-state index contributed by atoms with van der Waals surface area (Å²) in [6.07, 6.45) is 1.45. The molecule has 1 atom stereocenters. The molecule has 0 aliphatic rings. The Morgan fingerprint density at radius 2 is 2.55 bits per heavy atom. The Bertz CT molecular complexity index is 200. The summed E-state index contributed by atoms with van der Waals surface area (Å²) in [5, 5.41) is 11.0. The average Bonchev–Trinajstić information content (AvgIpc) is 2.01. The monoisotopic (exact) mass is 153 g/mol. The highest BCUT2D eigenvalue weighted by molar-refractivity contribution is 5.93. The number of aliphatic hydroxyl groups excluding tert-OH is 1. The van der Waals surface area contributed by atoms with Crippen molar-refractivity contribution in [3.63, 3.8) is 0 Å². The molecule has 3 nitrogen and oxygen atoms in total. The van der Waals surface area contributed by atoms with Crippen LogP contribution in [0.1, 0.15) is 6.92 Å². The van der Waals surface area contributed by atoms with Crippen molar-refractivity contribution in [1.29, 1.82) is 0 Å². The molecule has 0 fully saturated rings. The van der Waals surface area contributed by atoms with E-state index in [-0.39, 0.29) is 6.61 Å². The zero-order chi connectivity index (χ0) is 8.69. The first-order valence-electron chi connectivity index (χ1n) is 3.21. The van der Waals surface area contributed by atoms with Crippen molar-refractivity contribution >= 4 is 5.91 Å². The first-order chi connectivity index (χ1) is 5.24. The molecule has 1 amide bonds. The molecule has 0 aromatic rings. The van der Waals surface area contributed by atoms with Crippen LogP contribution >= 0.6 is 0 Å². The van der Waals surface area contributed by atoms with Crippen molar-refractivity contribution in [3.05, 3.63) is 12.7 Å². The van der Waals surface area contributed by atoms with Crippen molar-refractivity contribution in [2.45, 2.75) is 13.0 Å². The highest BCUT2D eigenvalue weighted by Gasteiger charge is 2.03. The molecular weight excluding hydrogens is 142 g/mol. The lowest BCUT2D eigenvalue weighted by atomic mass is 10.3. The van der Waals surface area contributed by atoms with Gasteiger partial charge in [0.2, 0.25) is 0 Å². The van der Waals surface area contributed by atoms with Gasteiger partial charge < -0.3 is 10.4 Å². The normalized spacial score (nSPS) is 10.7. The van der Waals surface area contributed by atoms with Crippen molar-refractivity contribution in [1.82, 2.24) is 5.32 Å². The molecule has 0 radical (unpaired) electrons. The van der Waals surface area contributed by atoms with Gasteiger partial charge in [0.25, 0.3) is 5.91 Å². The van der Waals surface area contributed by atoms with Gasteiger partial charge in [0.05, 0.1) is 12.6 Å². The van der Waals surface area contributed by atoms with Gasteiger partial charge in [-0.25, -0.2) is 0 Å². The molecule has 0 heterocycles. The predicted octanol–water partition coefficient (Wildman–Crippen LogP) is -0.327. The topological polar surface area (TPSA) is 49.3 Å². The van der Waals surface area contributed by atoms with Crippen LogP contribution in [0, 0.1) is 11.8 Å². The molecule has 0 saturated carbocycles. The molecule has 0 aliphatic carbocycles. The third-order valence-electron chi connectivity index (χ3n) is 1.04. The molecule has 0 aliphatic heterocycles. The van der Waals surface area contributed by atoms with E-state index >= 15 is 0 Å². The van der Waals surface area contributed by atoms with Gasteiger partial charge >= 0.3 is 0 Å². The minimum Gasteiger partial charge on any atom is -0.394 e. The van der Waals surface area contributed by atoms with Gasteiger partial charge in [-0.3, -0.25) is 4.79 Å². The second-order valence-corrected chi connectivity index (χ2v) is 1.87. The van der Waals surface area contributed by atoms with E-state index in [9.17, 15) is 4.79 Å². The number of amides is 1. The molecule has 0 aromatic carbocycles. The van der Waals surface area contributed by atoms with Crippen LogP contribution in [0.2, 0.25) is 0 Å². The van der Waals surface area contributed by atoms with Gasteiger partial charge in [0, 0.05) is 0 Å². The molecule has 60 valence electrons. The molecule has 2 N–H and O–H groups in total. The minimum atomic E-state index is -0.400. The van der Waals surface area contributed by atoms with Crippen molar-refractivity contribution in [2.75, 3.05) is 6.61 Å². The summed E-state index contributed by atoms with van der Waals surface area (Å²) < 4.78 is 0. The quantitative estimate of drug-likeness (QED) is 0.431. The molecule has 3 heteroatoms. The fraction of sp³-hybridized carbons (Fsp3) is 0.375. The molecular formula is C8H11NO2. The molecule has 0 rings (SSSR count). The van der Waals surface area contributed by atoms with Crippen LogP contribution in [0.3, 0.4) is 0 Å². The minimum absolute atomic E-state index is 0.152. The molecule has 1 unspecified atom stereocenters. The van der Waals surface area contributed by atoms with Crippen molar-refractivity contribution in [3.8, 4) is 11.8 Å². The van der Waals surface area contributed by atoms with E-state index in [1.54, 1.807) is 6.92 Å². The third kappa shape index (κ3) is 4.18. The second-order valence-electron chi connectivity index (χ2n) is 1.87. The maximum Gasteiger partial charge on any atom is 0.296 e. The van der Waals surface area contributed by atoms with Crippen LogP contribution in [0.4, 0.5) is 0 Å². The molecule has 11 heavy (non-hydrogen) atoms. The summed E-state index contributed by atoms with van der Waals surface area (Å²) in [4.78, 5) is 10.7. The number of nitrogens with one attached hydrogen (secondary N) is 1. The summed E-state index contributed by atoms with van der Waals surface area (Å²) in [5.41, 5.74) is 0. The fourth-order valence-corrected chi connectivity index (χ4v) is 0.497. The van der Waals surface area contributed by atoms with E-state index in [0.717, 1.165) is 0 Å². The highest BCUT2D eigenvalue weighted by Crippen LogP contribution is 1.81. The number of hydrogen-bond acceptors (Lipinski definition) is 2. The Morgan fingerprint density at radius 3 is 2.91 bits per heavy atom. The summed E-state index contributed by atoms with van der Waals surface area (Å²) in [6.45, 7) is 4.84. The van der Waals surface area contributed by atoms with Crippen LogP contribution in [0.15, 0.2) is 12.7 Å². The van der Waals surface area contributed by atoms with E-state index in [1.807, 2.05) is 0 Å². The zero-order valence-corrected chi connectivity index (χ0v) is 6.42. The van der Waals surface area contributed by atoms with Crippen LogP contribution in [-0.2, 0) is 4.79 Å². The van der Waals surface area contributed by atoms with Gasteiger partial charge in [0.1, 0.15) is 0 Å². The van der Waals surface area contributed by atoms with Gasteiger partial charge in [-0.15, -0.1) is 6.58 Å². The Labute approximate surface area is 66.1 Å². The van der Waals surface area contributed by atoms with Crippen LogP contribution in [0.5, 0.6) is 0 Å². The van der Waals surface area contributed by atoms with Gasteiger partial charge in [-0.05, 0) is 12.8 Å². The number of carbonyl (C=O) groups excluding carboxylic acids is 1. The maximum absolute atomic E-state index is 10.7. The Hall–Kier alpha value is -1.27. The summed E-state index contributed by atoms with van der Waals surface area (Å²) >= 11 is 0. The first kappa shape index (κ1) is 9.73. The fourth-order valence-electron chi connectivity index (χ4n) is 0.497. The van der Waals surface area contributed by atoms with Crippen molar-refractivity contribution in [2.24, 2.45) is 0 Å². The molecule has 0 spiro atoms. The van der Waals surface area contributed by atoms with Crippen LogP contribution in [-0.4, -0.2) is 23.7 Å². The lowest BCUT2D eigenvalue weighted by Gasteiger charge is -2.07. The van der Waals surface area contributed by atoms with Gasteiger partial charge in [-0.2, -0.15) is 0 Å². The Balaban J connectivity index is 3.87. The SMILES string of the molecule is C=CC(CO)NC(=O)C#CC. The van der Waals surface area contributed by atoms with Crippen molar-refractivity contribution < 1.29 is 9.90 Å². The van der Waals surface area contributed by atoms with E-state index in [0.29, 0.717) is 0 Å². The van der Waals surface area contributed by atoms with Crippen LogP contribution in [0.25, 0.3) is 0 Å².